The van der Waals surface area contributed by atoms with E-state index in [9.17, 15) is 0 Å². The summed E-state index contributed by atoms with van der Waals surface area (Å²) in [6.45, 7) is 52.1. The minimum atomic E-state index is -0.301. The second kappa shape index (κ2) is 19.8. The molecule has 0 saturated heterocycles. The Balaban J connectivity index is 1.01. The van der Waals surface area contributed by atoms with Crippen molar-refractivity contribution in [3.63, 3.8) is 0 Å². The molecule has 4 heteroatoms. The van der Waals surface area contributed by atoms with E-state index in [0.29, 0.717) is 0 Å². The Morgan fingerprint density at radius 2 is 0.600 bits per heavy atom. The SMILES string of the molecule is CC(C)(C)c1ccc2c(c1)C1(C)CCCCC1(C)N2c1cc2c3c(c1)N(c1ccc4c(c1)C(C)(C)c1ccccc1C4(C)C)c1cc4c(cc1B3c1cc3c(cc1N2c1ccc2c(c1)C(C)(C)c1ccccc1C2(C)C)C(C)(C)c1ccccc1C3(C)C)C(C)(C)c1ccccc1C4(C)C. The summed E-state index contributed by atoms with van der Waals surface area (Å²) in [5.74, 6) is 0. The van der Waals surface area contributed by atoms with Crippen LogP contribution in [0.15, 0.2) is 188 Å². The molecular formula is C96H102BN3. The Morgan fingerprint density at radius 3 is 0.960 bits per heavy atom. The zero-order valence-corrected chi connectivity index (χ0v) is 63.6. The predicted molar refractivity (Wildman–Crippen MR) is 425 cm³/mol. The van der Waals surface area contributed by atoms with Crippen molar-refractivity contribution in [3.05, 3.63) is 288 Å². The molecule has 10 aromatic carbocycles. The molecule has 100 heavy (non-hydrogen) atoms. The molecule has 1 saturated carbocycles. The van der Waals surface area contributed by atoms with E-state index >= 15 is 0 Å². The molecule has 0 amide bonds. The van der Waals surface area contributed by atoms with Gasteiger partial charge >= 0.3 is 0 Å². The third kappa shape index (κ3) is 7.90. The zero-order chi connectivity index (χ0) is 70.3. The van der Waals surface area contributed by atoms with Crippen LogP contribution in [0, 0.1) is 0 Å². The van der Waals surface area contributed by atoms with Crippen molar-refractivity contribution >= 4 is 68.6 Å². The van der Waals surface area contributed by atoms with Crippen molar-refractivity contribution in [1.82, 2.24) is 0 Å². The largest absolute Gasteiger partial charge is 0.334 e. The van der Waals surface area contributed by atoms with Crippen LogP contribution in [0.2, 0.25) is 0 Å². The minimum absolute atomic E-state index is 0.00572. The summed E-state index contributed by atoms with van der Waals surface area (Å²) < 4.78 is 0. The summed E-state index contributed by atoms with van der Waals surface area (Å²) in [4.78, 5) is 8.52. The van der Waals surface area contributed by atoms with Crippen LogP contribution in [0.25, 0.3) is 0 Å². The smallest absolute Gasteiger partial charge is 0.252 e. The lowest BCUT2D eigenvalue weighted by molar-refractivity contribution is 0.195. The highest BCUT2D eigenvalue weighted by molar-refractivity contribution is 7.00. The number of rotatable bonds is 3. The molecule has 5 aliphatic carbocycles. The fourth-order valence-electron chi connectivity index (χ4n) is 22.4. The van der Waals surface area contributed by atoms with Gasteiger partial charge in [0, 0.05) is 94.2 Å². The summed E-state index contributed by atoms with van der Waals surface area (Å²) in [6.07, 6.45) is 4.66. The summed E-state index contributed by atoms with van der Waals surface area (Å²) in [7, 11) is 0. The normalized spacial score (nSPS) is 22.7. The lowest BCUT2D eigenvalue weighted by Gasteiger charge is -2.52. The lowest BCUT2D eigenvalue weighted by atomic mass is 9.32. The third-order valence-corrected chi connectivity index (χ3v) is 28.6. The average Bonchev–Trinajstić information content (AvgIpc) is 0.905. The van der Waals surface area contributed by atoms with Gasteiger partial charge in [-0.2, -0.15) is 0 Å². The monoisotopic (exact) mass is 1310 g/mol. The van der Waals surface area contributed by atoms with Gasteiger partial charge in [-0.1, -0.05) is 285 Å². The zero-order valence-electron chi connectivity index (χ0n) is 63.6. The van der Waals surface area contributed by atoms with Crippen LogP contribution >= 0.6 is 0 Å². The van der Waals surface area contributed by atoms with Crippen molar-refractivity contribution < 1.29 is 0 Å². The van der Waals surface area contributed by atoms with Gasteiger partial charge < -0.3 is 14.7 Å². The molecule has 1 fully saturated rings. The number of anilines is 8. The third-order valence-electron chi connectivity index (χ3n) is 28.6. The summed E-state index contributed by atoms with van der Waals surface area (Å²) in [5, 5.41) is 0. The fraction of sp³-hybridized carbons (Fsp3) is 0.375. The molecule has 3 nitrogen and oxygen atoms in total. The summed E-state index contributed by atoms with van der Waals surface area (Å²) in [5.41, 5.74) is 37.2. The van der Waals surface area contributed by atoms with Gasteiger partial charge in [-0.25, -0.2) is 0 Å². The molecule has 0 aromatic heterocycles. The van der Waals surface area contributed by atoms with Gasteiger partial charge in [0.15, 0.2) is 0 Å². The highest BCUT2D eigenvalue weighted by atomic mass is 15.3. The highest BCUT2D eigenvalue weighted by Crippen LogP contribution is 2.64. The summed E-state index contributed by atoms with van der Waals surface area (Å²) in [6, 6.07) is 76.9. The maximum absolute atomic E-state index is 2.90. The van der Waals surface area contributed by atoms with Gasteiger partial charge in [0.25, 0.3) is 6.71 Å². The van der Waals surface area contributed by atoms with Crippen LogP contribution in [0.5, 0.6) is 0 Å². The van der Waals surface area contributed by atoms with Crippen LogP contribution in [-0.2, 0) is 54.1 Å². The predicted octanol–water partition coefficient (Wildman–Crippen LogP) is 22.7. The molecule has 0 bridgehead atoms. The Labute approximate surface area is 598 Å². The number of hydrogen-bond donors (Lipinski definition) is 0. The number of benzene rings is 10. The average molecular weight is 1310 g/mol. The van der Waals surface area contributed by atoms with Crippen LogP contribution in [0.1, 0.15) is 271 Å². The molecule has 0 radical (unpaired) electrons. The first-order valence-electron chi connectivity index (χ1n) is 37.8. The van der Waals surface area contributed by atoms with Crippen LogP contribution in [0.3, 0.4) is 0 Å². The van der Waals surface area contributed by atoms with Crippen molar-refractivity contribution in [3.8, 4) is 0 Å². The highest BCUT2D eigenvalue weighted by Gasteiger charge is 2.59. The molecule has 3 heterocycles. The molecule has 0 spiro atoms. The van der Waals surface area contributed by atoms with Crippen molar-refractivity contribution in [2.45, 2.75) is 231 Å². The molecule has 10 aromatic rings. The molecule has 504 valence electrons. The van der Waals surface area contributed by atoms with E-state index in [2.05, 4.69) is 348 Å². The fourth-order valence-corrected chi connectivity index (χ4v) is 22.4. The van der Waals surface area contributed by atoms with Crippen LogP contribution in [-0.4, -0.2) is 12.3 Å². The van der Waals surface area contributed by atoms with E-state index in [1.54, 1.807) is 0 Å². The molecule has 2 unspecified atom stereocenters. The molecule has 18 rings (SSSR count). The van der Waals surface area contributed by atoms with Gasteiger partial charge in [0.05, 0.1) is 5.54 Å². The Bertz CT molecular complexity index is 4990. The second-order valence-electron chi connectivity index (χ2n) is 37.7. The minimum Gasteiger partial charge on any atom is -0.334 e. The number of fused-ring (bicyclic) bond motifs is 15. The Hall–Kier alpha value is -8.34. The van der Waals surface area contributed by atoms with Gasteiger partial charge in [-0.3, -0.25) is 0 Å². The van der Waals surface area contributed by atoms with Gasteiger partial charge in [0.2, 0.25) is 0 Å². The Morgan fingerprint density at radius 1 is 0.280 bits per heavy atom. The van der Waals surface area contributed by atoms with Crippen molar-refractivity contribution in [1.29, 1.82) is 0 Å². The number of nitrogens with zero attached hydrogens (tertiary/aromatic N) is 3. The first-order valence-corrected chi connectivity index (χ1v) is 37.8. The summed E-state index contributed by atoms with van der Waals surface area (Å²) >= 11 is 0. The molecule has 8 aliphatic rings. The van der Waals surface area contributed by atoms with Gasteiger partial charge in [-0.05, 0) is 196 Å². The van der Waals surface area contributed by atoms with Crippen molar-refractivity contribution in [2.75, 3.05) is 14.7 Å². The molecule has 2 atom stereocenters. The topological polar surface area (TPSA) is 9.72 Å². The lowest BCUT2D eigenvalue weighted by Crippen LogP contribution is -2.62. The molecule has 3 aliphatic heterocycles. The van der Waals surface area contributed by atoms with Crippen LogP contribution < -0.4 is 31.1 Å². The van der Waals surface area contributed by atoms with E-state index in [0.717, 1.165) is 12.8 Å². The van der Waals surface area contributed by atoms with E-state index < -0.39 is 0 Å². The van der Waals surface area contributed by atoms with E-state index in [4.69, 9.17) is 0 Å². The van der Waals surface area contributed by atoms with E-state index in [1.165, 1.54) is 175 Å². The molecule has 0 N–H and O–H groups in total. The first kappa shape index (κ1) is 63.8. The second-order valence-corrected chi connectivity index (χ2v) is 37.7. The van der Waals surface area contributed by atoms with E-state index in [-0.39, 0.29) is 66.4 Å². The van der Waals surface area contributed by atoms with Crippen LogP contribution in [0.4, 0.5) is 45.5 Å². The van der Waals surface area contributed by atoms with E-state index in [1.807, 2.05) is 0 Å². The van der Waals surface area contributed by atoms with Gasteiger partial charge in [0.1, 0.15) is 0 Å². The maximum Gasteiger partial charge on any atom is 0.252 e. The standard InChI is InChI=1S/C96H102BN3/c1-86(2,3)57-40-45-80-77(48-57)95(20)46-30-31-47-96(95,21)100(80)60-51-83-85-84(52-60)99(59-42-44-70-72(50-59)90(10,11)64-35-25-23-33-62(64)88(70,6)7)82-56-76-74(92(14,15)66-37-27-29-39-68(66)94(76,18)19)54-79(82)97(85)78-53-73-75(93(16,17)67-38-28-26-36-65(67)91(73,12)13)55-81(78)98(83)58-41-43-69-71(49-58)89(8,9)63-34-24-22-32-61(63)87(69,4)5/h22-29,32-45,48-56H,30-31,46-47H2,1-21H3. The van der Waals surface area contributed by atoms with Gasteiger partial charge in [-0.15, -0.1) is 0 Å². The number of hydrogen-bond acceptors (Lipinski definition) is 3. The maximum atomic E-state index is 2.90. The van der Waals surface area contributed by atoms with Crippen molar-refractivity contribution in [2.24, 2.45) is 0 Å². The quantitative estimate of drug-likeness (QED) is 0.163. The first-order chi connectivity index (χ1) is 47.0. The molecular weight excluding hydrogens is 1210 g/mol. The Kier molecular flexibility index (Phi) is 12.7.